The van der Waals surface area contributed by atoms with Crippen LogP contribution in [0.4, 0.5) is 11.4 Å². The molecule has 0 bridgehead atoms. The van der Waals surface area contributed by atoms with Crippen molar-refractivity contribution in [1.29, 1.82) is 0 Å². The van der Waals surface area contributed by atoms with Gasteiger partial charge >= 0.3 is 11.9 Å². The van der Waals surface area contributed by atoms with Crippen molar-refractivity contribution in [1.82, 2.24) is 0 Å². The highest BCUT2D eigenvalue weighted by Crippen LogP contribution is 2.25. The fraction of sp³-hybridized carbons (Fsp3) is 0.250. The maximum absolute atomic E-state index is 12.0. The van der Waals surface area contributed by atoms with Crippen LogP contribution in [0.25, 0.3) is 0 Å². The summed E-state index contributed by atoms with van der Waals surface area (Å²) >= 11 is 0. The molecule has 0 spiro atoms. The molecule has 0 amide bonds. The standard InChI is InChI=1S/C12H15N3O5/c13-5-1-2-6(14)10(12(19)20)9(5)8(16)4-3-7(15)11(17)18/h1-2,7H,3-4,13-15H2,(H,17,18)(H,19,20). The molecule has 1 aromatic carbocycles. The number of Topliss-reactive ketones (excluding diaryl/α,β-unsaturated/α-hetero) is 1. The van der Waals surface area contributed by atoms with Crippen LogP contribution in [0.5, 0.6) is 0 Å². The summed E-state index contributed by atoms with van der Waals surface area (Å²) in [6.07, 6.45) is -0.358. The highest BCUT2D eigenvalue weighted by atomic mass is 16.4. The molecule has 108 valence electrons. The lowest BCUT2D eigenvalue weighted by Gasteiger charge is -2.12. The average molecular weight is 281 g/mol. The van der Waals surface area contributed by atoms with E-state index in [4.69, 9.17) is 27.4 Å². The number of aromatic carboxylic acids is 1. The van der Waals surface area contributed by atoms with Crippen molar-refractivity contribution in [2.24, 2.45) is 5.73 Å². The van der Waals surface area contributed by atoms with E-state index in [1.54, 1.807) is 0 Å². The maximum Gasteiger partial charge on any atom is 0.338 e. The van der Waals surface area contributed by atoms with Gasteiger partial charge in [0.05, 0.1) is 11.1 Å². The van der Waals surface area contributed by atoms with Gasteiger partial charge in [-0.2, -0.15) is 0 Å². The van der Waals surface area contributed by atoms with Gasteiger partial charge in [-0.25, -0.2) is 4.79 Å². The first-order valence-electron chi connectivity index (χ1n) is 5.68. The minimum Gasteiger partial charge on any atom is -0.480 e. The molecule has 0 saturated carbocycles. The molecule has 20 heavy (non-hydrogen) atoms. The SMILES string of the molecule is Nc1ccc(N)c(C(=O)CCC(N)C(=O)O)c1C(=O)O. The Labute approximate surface area is 114 Å². The number of anilines is 2. The van der Waals surface area contributed by atoms with Crippen LogP contribution in [-0.2, 0) is 4.79 Å². The van der Waals surface area contributed by atoms with Crippen molar-refractivity contribution in [3.8, 4) is 0 Å². The zero-order valence-corrected chi connectivity index (χ0v) is 10.5. The summed E-state index contributed by atoms with van der Waals surface area (Å²) < 4.78 is 0. The first-order valence-corrected chi connectivity index (χ1v) is 5.68. The van der Waals surface area contributed by atoms with E-state index in [-0.39, 0.29) is 35.3 Å². The van der Waals surface area contributed by atoms with Crippen LogP contribution in [0.15, 0.2) is 12.1 Å². The molecular formula is C12H15N3O5. The quantitative estimate of drug-likeness (QED) is 0.356. The van der Waals surface area contributed by atoms with Gasteiger partial charge in [-0.1, -0.05) is 0 Å². The largest absolute Gasteiger partial charge is 0.480 e. The molecular weight excluding hydrogens is 266 g/mol. The van der Waals surface area contributed by atoms with Crippen LogP contribution < -0.4 is 17.2 Å². The molecule has 0 aromatic heterocycles. The molecule has 1 unspecified atom stereocenters. The lowest BCUT2D eigenvalue weighted by molar-refractivity contribution is -0.138. The zero-order valence-electron chi connectivity index (χ0n) is 10.5. The molecule has 0 aliphatic rings. The Morgan fingerprint density at radius 1 is 1.05 bits per heavy atom. The fourth-order valence-corrected chi connectivity index (χ4v) is 1.70. The van der Waals surface area contributed by atoms with E-state index in [1.807, 2.05) is 0 Å². The van der Waals surface area contributed by atoms with Crippen LogP contribution in [0.1, 0.15) is 33.6 Å². The van der Waals surface area contributed by atoms with Gasteiger partial charge in [0.25, 0.3) is 0 Å². The van der Waals surface area contributed by atoms with Gasteiger partial charge in [0.2, 0.25) is 0 Å². The molecule has 0 aliphatic carbocycles. The molecule has 8 nitrogen and oxygen atoms in total. The number of hydrogen-bond donors (Lipinski definition) is 5. The summed E-state index contributed by atoms with van der Waals surface area (Å²) in [6, 6.07) is 1.42. The molecule has 1 rings (SSSR count). The van der Waals surface area contributed by atoms with Crippen LogP contribution >= 0.6 is 0 Å². The van der Waals surface area contributed by atoms with Crippen LogP contribution in [0, 0.1) is 0 Å². The average Bonchev–Trinajstić information content (AvgIpc) is 2.37. The zero-order chi connectivity index (χ0) is 15.4. The van der Waals surface area contributed by atoms with Crippen molar-refractivity contribution < 1.29 is 24.6 Å². The maximum atomic E-state index is 12.0. The van der Waals surface area contributed by atoms with E-state index in [0.29, 0.717) is 0 Å². The Kier molecular flexibility index (Phi) is 4.65. The third-order valence-corrected chi connectivity index (χ3v) is 2.76. The third-order valence-electron chi connectivity index (χ3n) is 2.76. The summed E-state index contributed by atoms with van der Waals surface area (Å²) in [7, 11) is 0. The second kappa shape index (κ2) is 6.02. The van der Waals surface area contributed by atoms with E-state index in [1.165, 1.54) is 12.1 Å². The van der Waals surface area contributed by atoms with E-state index < -0.39 is 23.8 Å². The third kappa shape index (κ3) is 3.23. The number of benzene rings is 1. The Hall–Kier alpha value is -2.61. The molecule has 8 heteroatoms. The number of nitrogens with two attached hydrogens (primary N) is 3. The number of aliphatic carboxylic acids is 1. The predicted octanol–water partition coefficient (Wildman–Crippen LogP) is -0.0760. The van der Waals surface area contributed by atoms with Crippen molar-refractivity contribution in [3.05, 3.63) is 23.3 Å². The van der Waals surface area contributed by atoms with Crippen molar-refractivity contribution >= 4 is 29.1 Å². The molecule has 1 aromatic rings. The molecule has 0 radical (unpaired) electrons. The number of ketones is 1. The van der Waals surface area contributed by atoms with E-state index in [9.17, 15) is 14.4 Å². The normalized spacial score (nSPS) is 11.8. The highest BCUT2D eigenvalue weighted by molar-refractivity contribution is 6.12. The molecule has 0 heterocycles. The number of carbonyl (C=O) groups is 3. The number of carboxylic acid groups (broad SMARTS) is 2. The van der Waals surface area contributed by atoms with Gasteiger partial charge in [-0.3, -0.25) is 9.59 Å². The van der Waals surface area contributed by atoms with Crippen LogP contribution in [0.2, 0.25) is 0 Å². The Morgan fingerprint density at radius 3 is 2.00 bits per heavy atom. The smallest absolute Gasteiger partial charge is 0.338 e. The fourth-order valence-electron chi connectivity index (χ4n) is 1.70. The second-order valence-corrected chi connectivity index (χ2v) is 4.21. The van der Waals surface area contributed by atoms with Gasteiger partial charge in [-0.05, 0) is 18.6 Å². The van der Waals surface area contributed by atoms with E-state index in [0.717, 1.165) is 0 Å². The summed E-state index contributed by atoms with van der Waals surface area (Å²) in [4.78, 5) is 33.7. The van der Waals surface area contributed by atoms with Gasteiger partial charge in [0.1, 0.15) is 6.04 Å². The van der Waals surface area contributed by atoms with Gasteiger partial charge in [0, 0.05) is 17.8 Å². The van der Waals surface area contributed by atoms with Gasteiger partial charge in [-0.15, -0.1) is 0 Å². The lowest BCUT2D eigenvalue weighted by Crippen LogP contribution is -2.30. The number of hydrogen-bond acceptors (Lipinski definition) is 6. The predicted molar refractivity (Wildman–Crippen MR) is 71.4 cm³/mol. The number of carboxylic acids is 2. The van der Waals surface area contributed by atoms with Gasteiger partial charge < -0.3 is 27.4 Å². The van der Waals surface area contributed by atoms with E-state index >= 15 is 0 Å². The molecule has 8 N–H and O–H groups in total. The molecule has 0 aliphatic heterocycles. The first kappa shape index (κ1) is 15.4. The van der Waals surface area contributed by atoms with Crippen LogP contribution in [0.3, 0.4) is 0 Å². The summed E-state index contributed by atoms with van der Waals surface area (Å²) in [5, 5.41) is 17.7. The van der Waals surface area contributed by atoms with E-state index in [2.05, 4.69) is 0 Å². The Morgan fingerprint density at radius 2 is 1.55 bits per heavy atom. The van der Waals surface area contributed by atoms with Crippen molar-refractivity contribution in [3.63, 3.8) is 0 Å². The molecule has 0 saturated heterocycles. The monoisotopic (exact) mass is 281 g/mol. The van der Waals surface area contributed by atoms with Crippen LogP contribution in [-0.4, -0.2) is 34.0 Å². The number of rotatable bonds is 6. The van der Waals surface area contributed by atoms with Crippen molar-refractivity contribution in [2.45, 2.75) is 18.9 Å². The summed E-state index contributed by atoms with van der Waals surface area (Å²) in [5.74, 6) is -3.22. The summed E-state index contributed by atoms with van der Waals surface area (Å²) in [5.41, 5.74) is 15.7. The Bertz CT molecular complexity index is 570. The van der Waals surface area contributed by atoms with Gasteiger partial charge in [0.15, 0.2) is 5.78 Å². The second-order valence-electron chi connectivity index (χ2n) is 4.21. The molecule has 0 fully saturated rings. The number of nitrogen functional groups attached to an aromatic ring is 2. The Balaban J connectivity index is 3.07. The van der Waals surface area contributed by atoms with Crippen molar-refractivity contribution in [2.75, 3.05) is 11.5 Å². The topological polar surface area (TPSA) is 170 Å². The number of carbonyl (C=O) groups excluding carboxylic acids is 1. The summed E-state index contributed by atoms with van der Waals surface area (Å²) in [6.45, 7) is 0. The minimum absolute atomic E-state index is 0.0227. The highest BCUT2D eigenvalue weighted by Gasteiger charge is 2.23. The minimum atomic E-state index is -1.37. The lowest BCUT2D eigenvalue weighted by atomic mass is 9.96. The first-order chi connectivity index (χ1) is 9.25. The molecule has 1 atom stereocenters.